The van der Waals surface area contributed by atoms with E-state index in [-0.39, 0.29) is 19.2 Å². The second-order valence-electron chi connectivity index (χ2n) is 3.27. The van der Waals surface area contributed by atoms with Crippen LogP contribution >= 0.6 is 0 Å². The number of aliphatic hydroxyl groups is 1. The number of hydrogen-bond donors (Lipinski definition) is 1. The second-order valence-corrected chi connectivity index (χ2v) is 3.27. The smallest absolute Gasteiger partial charge is 0.333 e. The van der Waals surface area contributed by atoms with Crippen LogP contribution in [0.1, 0.15) is 39.0 Å². The van der Waals surface area contributed by atoms with E-state index >= 15 is 0 Å². The molecule has 1 N–H and O–H groups in total. The average Bonchev–Trinajstić information content (AvgIpc) is 2.20. The van der Waals surface area contributed by atoms with Crippen LogP contribution in [0.3, 0.4) is 0 Å². The van der Waals surface area contributed by atoms with Crippen LogP contribution < -0.4 is 0 Å². The first-order valence-corrected chi connectivity index (χ1v) is 5.18. The third-order valence-electron chi connectivity index (χ3n) is 1.95. The number of rotatable bonds is 8. The Morgan fingerprint density at radius 1 is 1.36 bits per heavy atom. The van der Waals surface area contributed by atoms with Crippen molar-refractivity contribution in [2.75, 3.05) is 13.2 Å². The molecule has 0 fully saturated rings. The lowest BCUT2D eigenvalue weighted by Crippen LogP contribution is -2.10. The van der Waals surface area contributed by atoms with Crippen molar-refractivity contribution < 1.29 is 14.6 Å². The summed E-state index contributed by atoms with van der Waals surface area (Å²) in [5.41, 5.74) is 0.509. The maximum absolute atomic E-state index is 11.1. The van der Waals surface area contributed by atoms with Crippen LogP contribution in [-0.2, 0) is 9.53 Å². The van der Waals surface area contributed by atoms with Gasteiger partial charge in [-0.2, -0.15) is 0 Å². The Morgan fingerprint density at radius 3 is 2.64 bits per heavy atom. The molecule has 0 aliphatic carbocycles. The van der Waals surface area contributed by atoms with Gasteiger partial charge in [0, 0.05) is 5.57 Å². The molecular weight excluding hydrogens is 180 g/mol. The van der Waals surface area contributed by atoms with Gasteiger partial charge in [-0.05, 0) is 12.8 Å². The molecule has 0 saturated heterocycles. The zero-order valence-corrected chi connectivity index (χ0v) is 8.92. The fraction of sp³-hybridized carbons (Fsp3) is 0.727. The molecule has 0 rings (SSSR count). The fourth-order valence-electron chi connectivity index (χ4n) is 1.11. The van der Waals surface area contributed by atoms with Gasteiger partial charge < -0.3 is 9.84 Å². The van der Waals surface area contributed by atoms with E-state index in [1.54, 1.807) is 0 Å². The van der Waals surface area contributed by atoms with E-state index < -0.39 is 0 Å². The maximum atomic E-state index is 11.1. The summed E-state index contributed by atoms with van der Waals surface area (Å²) >= 11 is 0. The van der Waals surface area contributed by atoms with E-state index in [4.69, 9.17) is 9.84 Å². The number of aliphatic hydroxyl groups excluding tert-OH is 1. The topological polar surface area (TPSA) is 46.5 Å². The van der Waals surface area contributed by atoms with Crippen LogP contribution in [0.25, 0.3) is 0 Å². The third kappa shape index (κ3) is 6.66. The van der Waals surface area contributed by atoms with Crippen molar-refractivity contribution in [1.29, 1.82) is 0 Å². The average molecular weight is 200 g/mol. The highest BCUT2D eigenvalue weighted by atomic mass is 16.5. The summed E-state index contributed by atoms with van der Waals surface area (Å²) < 4.78 is 4.72. The van der Waals surface area contributed by atoms with E-state index in [2.05, 4.69) is 13.5 Å². The van der Waals surface area contributed by atoms with E-state index in [1.165, 1.54) is 12.8 Å². The van der Waals surface area contributed by atoms with Crippen LogP contribution in [0.2, 0.25) is 0 Å². The maximum Gasteiger partial charge on any atom is 0.333 e. The first-order valence-electron chi connectivity index (χ1n) is 5.18. The minimum Gasteiger partial charge on any atom is -0.460 e. The minimum absolute atomic E-state index is 0.0623. The molecule has 0 aromatic carbocycles. The molecule has 0 atom stereocenters. The molecule has 0 heterocycles. The highest BCUT2D eigenvalue weighted by molar-refractivity contribution is 5.87. The molecule has 0 saturated carbocycles. The Labute approximate surface area is 85.8 Å². The van der Waals surface area contributed by atoms with Crippen molar-refractivity contribution in [2.24, 2.45) is 0 Å². The van der Waals surface area contributed by atoms with Gasteiger partial charge in [0.1, 0.15) is 6.61 Å². The van der Waals surface area contributed by atoms with Gasteiger partial charge in [-0.3, -0.25) is 0 Å². The van der Waals surface area contributed by atoms with Crippen LogP contribution in [0.5, 0.6) is 0 Å². The van der Waals surface area contributed by atoms with E-state index in [9.17, 15) is 4.79 Å². The Bertz CT molecular complexity index is 175. The molecule has 3 heteroatoms. The van der Waals surface area contributed by atoms with Crippen molar-refractivity contribution in [1.82, 2.24) is 0 Å². The molecule has 0 aliphatic rings. The van der Waals surface area contributed by atoms with Crippen molar-refractivity contribution >= 4 is 5.97 Å². The molecule has 3 nitrogen and oxygen atoms in total. The van der Waals surface area contributed by atoms with Gasteiger partial charge in [0.05, 0.1) is 6.61 Å². The van der Waals surface area contributed by atoms with E-state index in [0.29, 0.717) is 12.0 Å². The minimum atomic E-state index is -0.379. The molecule has 14 heavy (non-hydrogen) atoms. The Balaban J connectivity index is 3.47. The van der Waals surface area contributed by atoms with Crippen molar-refractivity contribution in [3.8, 4) is 0 Å². The fourth-order valence-corrected chi connectivity index (χ4v) is 1.11. The normalized spacial score (nSPS) is 9.86. The quantitative estimate of drug-likeness (QED) is 0.370. The van der Waals surface area contributed by atoms with E-state index in [1.807, 2.05) is 0 Å². The zero-order chi connectivity index (χ0) is 10.8. The number of hydrogen-bond acceptors (Lipinski definition) is 3. The summed E-state index contributed by atoms with van der Waals surface area (Å²) in [5, 5.41) is 8.44. The van der Waals surface area contributed by atoms with E-state index in [0.717, 1.165) is 12.8 Å². The zero-order valence-electron chi connectivity index (χ0n) is 8.92. The molecule has 0 aliphatic heterocycles. The van der Waals surface area contributed by atoms with Crippen LogP contribution in [-0.4, -0.2) is 24.3 Å². The lowest BCUT2D eigenvalue weighted by molar-refractivity contribution is -0.140. The number of ether oxygens (including phenoxy) is 1. The summed E-state index contributed by atoms with van der Waals surface area (Å²) in [5.74, 6) is -0.379. The van der Waals surface area contributed by atoms with Crippen molar-refractivity contribution in [2.45, 2.75) is 39.0 Å². The highest BCUT2D eigenvalue weighted by Gasteiger charge is 2.06. The summed E-state index contributed by atoms with van der Waals surface area (Å²) in [4.78, 5) is 11.1. The molecule has 82 valence electrons. The third-order valence-corrected chi connectivity index (χ3v) is 1.95. The highest BCUT2D eigenvalue weighted by Crippen LogP contribution is 2.09. The van der Waals surface area contributed by atoms with Crippen molar-refractivity contribution in [3.63, 3.8) is 0 Å². The Hall–Kier alpha value is -0.830. The molecule has 0 aromatic rings. The summed E-state index contributed by atoms with van der Waals surface area (Å²) in [6, 6.07) is 0. The van der Waals surface area contributed by atoms with Crippen LogP contribution in [0.4, 0.5) is 0 Å². The SMILES string of the molecule is C=C(CCCCCC)C(=O)OCCO. The molecule has 0 unspecified atom stereocenters. The second kappa shape index (κ2) is 8.75. The lowest BCUT2D eigenvalue weighted by Gasteiger charge is -2.05. The Kier molecular flexibility index (Phi) is 8.24. The summed E-state index contributed by atoms with van der Waals surface area (Å²) in [7, 11) is 0. The van der Waals surface area contributed by atoms with Crippen LogP contribution in [0, 0.1) is 0 Å². The van der Waals surface area contributed by atoms with Gasteiger partial charge in [0.15, 0.2) is 0 Å². The van der Waals surface area contributed by atoms with Gasteiger partial charge in [-0.25, -0.2) is 4.79 Å². The van der Waals surface area contributed by atoms with Gasteiger partial charge in [0.25, 0.3) is 0 Å². The molecule has 0 spiro atoms. The number of carbonyl (C=O) groups excluding carboxylic acids is 1. The predicted molar refractivity (Wildman–Crippen MR) is 55.9 cm³/mol. The van der Waals surface area contributed by atoms with Crippen LogP contribution in [0.15, 0.2) is 12.2 Å². The molecular formula is C11H20O3. The molecule has 0 amide bonds. The Morgan fingerprint density at radius 2 is 2.07 bits per heavy atom. The first kappa shape index (κ1) is 13.2. The predicted octanol–water partition coefficient (Wildman–Crippen LogP) is 2.05. The number of esters is 1. The van der Waals surface area contributed by atoms with Crippen molar-refractivity contribution in [3.05, 3.63) is 12.2 Å². The largest absolute Gasteiger partial charge is 0.460 e. The standard InChI is InChI=1S/C11H20O3/c1-3-4-5-6-7-10(2)11(13)14-9-8-12/h12H,2-9H2,1H3. The molecule has 0 bridgehead atoms. The summed E-state index contributed by atoms with van der Waals surface area (Å²) in [6.07, 6.45) is 5.19. The monoisotopic (exact) mass is 200 g/mol. The lowest BCUT2D eigenvalue weighted by atomic mass is 10.1. The first-order chi connectivity index (χ1) is 6.72. The van der Waals surface area contributed by atoms with Gasteiger partial charge in [-0.1, -0.05) is 32.8 Å². The summed E-state index contributed by atoms with van der Waals surface area (Å²) in [6.45, 7) is 5.72. The van der Waals surface area contributed by atoms with Gasteiger partial charge in [-0.15, -0.1) is 0 Å². The van der Waals surface area contributed by atoms with Gasteiger partial charge in [0.2, 0.25) is 0 Å². The van der Waals surface area contributed by atoms with Gasteiger partial charge >= 0.3 is 5.97 Å². The number of carbonyl (C=O) groups is 1. The molecule has 0 aromatic heterocycles. The number of unbranched alkanes of at least 4 members (excludes halogenated alkanes) is 3. The molecule has 0 radical (unpaired) electrons.